The molecule has 1 aromatic heterocycles. The van der Waals surface area contributed by atoms with Gasteiger partial charge in [-0.25, -0.2) is 4.68 Å². The van der Waals surface area contributed by atoms with Crippen LogP contribution >= 0.6 is 15.9 Å². The van der Waals surface area contributed by atoms with E-state index in [-0.39, 0.29) is 11.1 Å². The Bertz CT molecular complexity index is 561. The van der Waals surface area contributed by atoms with E-state index in [0.29, 0.717) is 11.0 Å². The first-order valence-corrected chi connectivity index (χ1v) is 8.07. The van der Waals surface area contributed by atoms with Gasteiger partial charge in [-0.2, -0.15) is 5.10 Å². The number of anilines is 1. The Morgan fingerprint density at radius 3 is 2.76 bits per heavy atom. The average Bonchev–Trinajstić information content (AvgIpc) is 2.93. The number of aromatic nitrogens is 2. The molecule has 2 rings (SSSR count). The van der Waals surface area contributed by atoms with Crippen LogP contribution in [-0.4, -0.2) is 40.9 Å². The molecule has 1 saturated carbocycles. The van der Waals surface area contributed by atoms with Crippen molar-refractivity contribution >= 4 is 21.6 Å². The molecule has 0 aliphatic heterocycles. The highest BCUT2D eigenvalue weighted by Crippen LogP contribution is 2.34. The van der Waals surface area contributed by atoms with Crippen LogP contribution in [0.2, 0.25) is 0 Å². The van der Waals surface area contributed by atoms with Gasteiger partial charge in [0.25, 0.3) is 5.56 Å². The molecule has 5 nitrogen and oxygen atoms in total. The van der Waals surface area contributed by atoms with Crippen LogP contribution in [-0.2, 0) is 6.54 Å². The smallest absolute Gasteiger partial charge is 0.283 e. The third-order valence-electron chi connectivity index (χ3n) is 4.38. The molecule has 1 N–H and O–H groups in total. The second-order valence-electron chi connectivity index (χ2n) is 5.83. The predicted octanol–water partition coefficient (Wildman–Crippen LogP) is 2.48. The fraction of sp³-hybridized carbons (Fsp3) is 0.600. The highest BCUT2D eigenvalue weighted by atomic mass is 79.9. The second kappa shape index (κ2) is 6.75. The minimum atomic E-state index is -0.134. The number of halogens is 1. The summed E-state index contributed by atoms with van der Waals surface area (Å²) < 4.78 is 1.92. The third kappa shape index (κ3) is 3.37. The third-order valence-corrected chi connectivity index (χ3v) is 5.14. The van der Waals surface area contributed by atoms with Gasteiger partial charge >= 0.3 is 0 Å². The molecule has 6 heteroatoms. The van der Waals surface area contributed by atoms with E-state index in [1.54, 1.807) is 12.3 Å². The molecule has 1 aliphatic carbocycles. The summed E-state index contributed by atoms with van der Waals surface area (Å²) >= 11 is 3.38. The van der Waals surface area contributed by atoms with Crippen molar-refractivity contribution in [1.29, 1.82) is 0 Å². The van der Waals surface area contributed by atoms with Crippen molar-refractivity contribution in [3.63, 3.8) is 0 Å². The van der Waals surface area contributed by atoms with Crippen LogP contribution in [0.4, 0.5) is 5.69 Å². The van der Waals surface area contributed by atoms with Gasteiger partial charge in [0.15, 0.2) is 0 Å². The van der Waals surface area contributed by atoms with E-state index >= 15 is 0 Å². The van der Waals surface area contributed by atoms with Crippen LogP contribution in [0.1, 0.15) is 25.7 Å². The molecule has 0 radical (unpaired) electrons. The number of allylic oxidation sites excluding steroid dienone is 1. The highest BCUT2D eigenvalue weighted by Gasteiger charge is 2.35. The van der Waals surface area contributed by atoms with Gasteiger partial charge in [-0.3, -0.25) is 4.79 Å². The molecule has 1 aliphatic rings. The first-order valence-electron chi connectivity index (χ1n) is 7.28. The molecule has 21 heavy (non-hydrogen) atoms. The van der Waals surface area contributed by atoms with Crippen LogP contribution in [0.25, 0.3) is 0 Å². The van der Waals surface area contributed by atoms with Crippen LogP contribution in [0.15, 0.2) is 28.1 Å². The van der Waals surface area contributed by atoms with Crippen molar-refractivity contribution in [2.75, 3.05) is 26.0 Å². The van der Waals surface area contributed by atoms with E-state index < -0.39 is 0 Å². The lowest BCUT2D eigenvalue weighted by molar-refractivity contribution is 0.172. The van der Waals surface area contributed by atoms with E-state index in [4.69, 9.17) is 0 Å². The number of likely N-dealkylation sites (N-methyl/N-ethyl adjacent to an activating group) is 1. The normalized spacial score (nSPS) is 17.1. The molecule has 0 aromatic carbocycles. The minimum Gasteiger partial charge on any atom is -0.381 e. The average molecular weight is 355 g/mol. The zero-order valence-corrected chi connectivity index (χ0v) is 14.3. The van der Waals surface area contributed by atoms with Crippen molar-refractivity contribution < 1.29 is 0 Å². The molecule has 1 aromatic rings. The molecule has 1 heterocycles. The monoisotopic (exact) mass is 354 g/mol. The second-order valence-corrected chi connectivity index (χ2v) is 6.62. The summed E-state index contributed by atoms with van der Waals surface area (Å²) in [5, 5.41) is 7.57. The molecule has 0 unspecified atom stereocenters. The van der Waals surface area contributed by atoms with Gasteiger partial charge in [0.05, 0.1) is 18.4 Å². The van der Waals surface area contributed by atoms with Crippen molar-refractivity contribution in [1.82, 2.24) is 14.7 Å². The van der Waals surface area contributed by atoms with E-state index in [0.717, 1.165) is 12.2 Å². The first-order chi connectivity index (χ1) is 10.00. The van der Waals surface area contributed by atoms with E-state index in [2.05, 4.69) is 51.9 Å². The maximum Gasteiger partial charge on any atom is 0.283 e. The van der Waals surface area contributed by atoms with Gasteiger partial charge in [0.1, 0.15) is 4.47 Å². The van der Waals surface area contributed by atoms with Crippen molar-refractivity contribution in [2.45, 2.75) is 37.8 Å². The zero-order valence-electron chi connectivity index (χ0n) is 12.7. The Hall–Kier alpha value is -1.14. The number of hydrogen-bond acceptors (Lipinski definition) is 4. The number of nitrogens with zero attached hydrogens (tertiary/aromatic N) is 3. The Balaban J connectivity index is 2.15. The Labute approximate surface area is 134 Å². The van der Waals surface area contributed by atoms with E-state index in [1.807, 2.05) is 0 Å². The Morgan fingerprint density at radius 2 is 2.19 bits per heavy atom. The largest absolute Gasteiger partial charge is 0.381 e. The summed E-state index contributed by atoms with van der Waals surface area (Å²) in [5.41, 5.74) is 0.800. The quantitative estimate of drug-likeness (QED) is 0.797. The summed E-state index contributed by atoms with van der Waals surface area (Å²) in [6.45, 7) is 4.87. The van der Waals surface area contributed by atoms with Crippen LogP contribution < -0.4 is 10.9 Å². The Kier molecular flexibility index (Phi) is 5.22. The summed E-state index contributed by atoms with van der Waals surface area (Å²) in [7, 11) is 4.25. The lowest BCUT2D eigenvalue weighted by Gasteiger charge is -2.36. The predicted molar refractivity (Wildman–Crippen MR) is 89.8 cm³/mol. The molecule has 0 saturated heterocycles. The first kappa shape index (κ1) is 16.2. The molecule has 0 bridgehead atoms. The number of hydrogen-bond donors (Lipinski definition) is 1. The summed E-state index contributed by atoms with van der Waals surface area (Å²) in [6, 6.07) is 0. The van der Waals surface area contributed by atoms with Crippen molar-refractivity contribution in [2.24, 2.45) is 0 Å². The SMILES string of the molecule is C=CCn1ncc(NCC2(N(C)C)CCCC2)c(Br)c1=O. The molecule has 0 spiro atoms. The standard InChI is InChI=1S/C15H23BrN4O/c1-4-9-20-14(21)13(16)12(10-18-20)17-11-15(19(2)3)7-5-6-8-15/h4,10,17H,1,5-9,11H2,2-3H3. The molecule has 116 valence electrons. The van der Waals surface area contributed by atoms with Gasteiger partial charge in [-0.15, -0.1) is 6.58 Å². The fourth-order valence-electron chi connectivity index (χ4n) is 2.92. The fourth-order valence-corrected chi connectivity index (χ4v) is 3.36. The van der Waals surface area contributed by atoms with Gasteiger partial charge < -0.3 is 10.2 Å². The lowest BCUT2D eigenvalue weighted by Crippen LogP contribution is -2.47. The van der Waals surface area contributed by atoms with Crippen LogP contribution in [0.3, 0.4) is 0 Å². The zero-order chi connectivity index (χ0) is 15.5. The van der Waals surface area contributed by atoms with Crippen LogP contribution in [0, 0.1) is 0 Å². The lowest BCUT2D eigenvalue weighted by atomic mass is 9.96. The molecule has 1 fully saturated rings. The maximum absolute atomic E-state index is 12.1. The summed E-state index contributed by atoms with van der Waals surface area (Å²) in [6.07, 6.45) is 8.26. The van der Waals surface area contributed by atoms with Crippen molar-refractivity contribution in [3.05, 3.63) is 33.7 Å². The number of nitrogens with one attached hydrogen (secondary N) is 1. The van der Waals surface area contributed by atoms with E-state index in [9.17, 15) is 4.79 Å². The van der Waals surface area contributed by atoms with Gasteiger partial charge in [-0.1, -0.05) is 18.9 Å². The molecule has 0 amide bonds. The summed E-state index contributed by atoms with van der Waals surface area (Å²) in [4.78, 5) is 14.4. The van der Waals surface area contributed by atoms with Gasteiger partial charge in [0.2, 0.25) is 0 Å². The molecular formula is C15H23BrN4O. The maximum atomic E-state index is 12.1. The topological polar surface area (TPSA) is 50.2 Å². The van der Waals surface area contributed by atoms with Crippen molar-refractivity contribution in [3.8, 4) is 0 Å². The van der Waals surface area contributed by atoms with E-state index in [1.165, 1.54) is 30.4 Å². The van der Waals surface area contributed by atoms with Gasteiger partial charge in [0, 0.05) is 12.1 Å². The summed E-state index contributed by atoms with van der Waals surface area (Å²) in [5.74, 6) is 0. The van der Waals surface area contributed by atoms with Gasteiger partial charge in [-0.05, 0) is 42.9 Å². The molecule has 0 atom stereocenters. The number of rotatable bonds is 6. The Morgan fingerprint density at radius 1 is 1.52 bits per heavy atom. The molecular weight excluding hydrogens is 332 g/mol. The minimum absolute atomic E-state index is 0.134. The van der Waals surface area contributed by atoms with Crippen LogP contribution in [0.5, 0.6) is 0 Å². The highest BCUT2D eigenvalue weighted by molar-refractivity contribution is 9.10.